The Kier molecular flexibility index (Phi) is 4.61. The molecule has 0 bridgehead atoms. The number of carboxylic acid groups (broad SMARTS) is 1. The summed E-state index contributed by atoms with van der Waals surface area (Å²) < 4.78 is 45.2. The van der Waals surface area contributed by atoms with E-state index in [-0.39, 0.29) is 11.7 Å². The molecule has 1 aromatic heterocycles. The second-order valence-electron chi connectivity index (χ2n) is 4.65. The Morgan fingerprint density at radius 1 is 1.43 bits per heavy atom. The smallest absolute Gasteiger partial charge is 0.411 e. The topological polar surface area (TPSA) is 85.5 Å². The monoisotopic (exact) mass is 306 g/mol. The standard InChI is InChI=1S/C12H13F3N2O4/c13-12(14,15)6-20-5-9-16-10(21-17-9)7-3-1-2-4-8(7)11(18)19/h1-2,7-8H,3-6H2,(H,18,19). The normalized spacial score (nSPS) is 22.4. The van der Waals surface area contributed by atoms with Crippen molar-refractivity contribution in [3.05, 3.63) is 23.9 Å². The van der Waals surface area contributed by atoms with E-state index in [0.717, 1.165) is 0 Å². The molecule has 21 heavy (non-hydrogen) atoms. The minimum atomic E-state index is -4.42. The van der Waals surface area contributed by atoms with Crippen LogP contribution < -0.4 is 0 Å². The summed E-state index contributed by atoms with van der Waals surface area (Å²) in [6.45, 7) is -1.84. The first-order valence-corrected chi connectivity index (χ1v) is 6.21. The molecule has 0 aromatic carbocycles. The first-order chi connectivity index (χ1) is 9.87. The van der Waals surface area contributed by atoms with Crippen molar-refractivity contribution in [3.8, 4) is 0 Å². The molecule has 1 aliphatic carbocycles. The Morgan fingerprint density at radius 3 is 2.81 bits per heavy atom. The van der Waals surface area contributed by atoms with Crippen molar-refractivity contribution in [1.29, 1.82) is 0 Å². The highest BCUT2D eigenvalue weighted by molar-refractivity contribution is 5.71. The van der Waals surface area contributed by atoms with Crippen LogP contribution in [-0.4, -0.2) is 34.0 Å². The Bertz CT molecular complexity index is 527. The third-order valence-corrected chi connectivity index (χ3v) is 3.05. The van der Waals surface area contributed by atoms with Gasteiger partial charge in [0.15, 0.2) is 5.82 Å². The van der Waals surface area contributed by atoms with Crippen LogP contribution in [0.4, 0.5) is 13.2 Å². The highest BCUT2D eigenvalue weighted by Crippen LogP contribution is 2.33. The van der Waals surface area contributed by atoms with Gasteiger partial charge >= 0.3 is 12.1 Å². The minimum Gasteiger partial charge on any atom is -0.481 e. The van der Waals surface area contributed by atoms with Crippen LogP contribution >= 0.6 is 0 Å². The lowest BCUT2D eigenvalue weighted by Gasteiger charge is -2.21. The first-order valence-electron chi connectivity index (χ1n) is 6.21. The fraction of sp³-hybridized carbons (Fsp3) is 0.583. The molecule has 1 N–H and O–H groups in total. The van der Waals surface area contributed by atoms with Crippen LogP contribution in [0, 0.1) is 5.92 Å². The quantitative estimate of drug-likeness (QED) is 0.840. The lowest BCUT2D eigenvalue weighted by Crippen LogP contribution is -2.23. The van der Waals surface area contributed by atoms with Crippen molar-refractivity contribution in [2.75, 3.05) is 6.61 Å². The van der Waals surface area contributed by atoms with Gasteiger partial charge in [0.25, 0.3) is 0 Å². The summed E-state index contributed by atoms with van der Waals surface area (Å²) >= 11 is 0. The van der Waals surface area contributed by atoms with Crippen LogP contribution in [0.1, 0.15) is 30.5 Å². The summed E-state index contributed by atoms with van der Waals surface area (Å²) in [4.78, 5) is 15.1. The highest BCUT2D eigenvalue weighted by Gasteiger charge is 2.34. The van der Waals surface area contributed by atoms with Gasteiger partial charge in [-0.1, -0.05) is 17.3 Å². The number of allylic oxidation sites excluding steroid dienone is 2. The van der Waals surface area contributed by atoms with Crippen LogP contribution in [0.2, 0.25) is 0 Å². The van der Waals surface area contributed by atoms with E-state index < -0.39 is 37.2 Å². The molecule has 2 atom stereocenters. The van der Waals surface area contributed by atoms with E-state index in [1.54, 1.807) is 6.08 Å². The molecule has 2 unspecified atom stereocenters. The van der Waals surface area contributed by atoms with Gasteiger partial charge in [-0.2, -0.15) is 18.2 Å². The maximum absolute atomic E-state index is 11.9. The molecule has 1 aliphatic rings. The number of alkyl halides is 3. The number of hydrogen-bond donors (Lipinski definition) is 1. The summed E-state index contributed by atoms with van der Waals surface area (Å²) in [7, 11) is 0. The van der Waals surface area contributed by atoms with Crippen LogP contribution in [0.3, 0.4) is 0 Å². The zero-order valence-corrected chi connectivity index (χ0v) is 10.8. The minimum absolute atomic E-state index is 0.0343. The number of carbonyl (C=O) groups is 1. The number of nitrogens with zero attached hydrogens (tertiary/aromatic N) is 2. The molecule has 1 heterocycles. The number of aliphatic carboxylic acids is 1. The fourth-order valence-corrected chi connectivity index (χ4v) is 2.09. The average Bonchev–Trinajstić information content (AvgIpc) is 2.86. The van der Waals surface area contributed by atoms with Crippen molar-refractivity contribution in [1.82, 2.24) is 10.1 Å². The van der Waals surface area contributed by atoms with Gasteiger partial charge in [-0.15, -0.1) is 0 Å². The predicted molar refractivity (Wildman–Crippen MR) is 62.2 cm³/mol. The van der Waals surface area contributed by atoms with E-state index >= 15 is 0 Å². The van der Waals surface area contributed by atoms with Crippen molar-refractivity contribution >= 4 is 5.97 Å². The summed E-state index contributed by atoms with van der Waals surface area (Å²) in [5, 5.41) is 12.6. The van der Waals surface area contributed by atoms with Crippen molar-refractivity contribution in [3.63, 3.8) is 0 Å². The van der Waals surface area contributed by atoms with Crippen LogP contribution in [0.15, 0.2) is 16.7 Å². The van der Waals surface area contributed by atoms with Crippen molar-refractivity contribution in [2.45, 2.75) is 31.5 Å². The molecule has 6 nitrogen and oxygen atoms in total. The first kappa shape index (κ1) is 15.5. The lowest BCUT2D eigenvalue weighted by molar-refractivity contribution is -0.177. The summed E-state index contributed by atoms with van der Waals surface area (Å²) in [5.74, 6) is -2.06. The van der Waals surface area contributed by atoms with Gasteiger partial charge in [0.1, 0.15) is 13.2 Å². The predicted octanol–water partition coefficient (Wildman–Crippen LogP) is 2.28. The van der Waals surface area contributed by atoms with Crippen molar-refractivity contribution < 1.29 is 32.3 Å². The van der Waals surface area contributed by atoms with Crippen LogP contribution in [-0.2, 0) is 16.1 Å². The van der Waals surface area contributed by atoms with Gasteiger partial charge in [0.05, 0.1) is 11.8 Å². The molecule has 0 fully saturated rings. The molecular weight excluding hydrogens is 293 g/mol. The Hall–Kier alpha value is -1.90. The van der Waals surface area contributed by atoms with E-state index in [9.17, 15) is 18.0 Å². The number of rotatable bonds is 5. The third kappa shape index (κ3) is 4.28. The van der Waals surface area contributed by atoms with E-state index in [4.69, 9.17) is 9.63 Å². The Balaban J connectivity index is 1.98. The largest absolute Gasteiger partial charge is 0.481 e. The SMILES string of the molecule is O=C(O)C1CC=CCC1c1nc(COCC(F)(F)F)no1. The van der Waals surface area contributed by atoms with Crippen molar-refractivity contribution in [2.24, 2.45) is 5.92 Å². The van der Waals surface area contributed by atoms with Gasteiger partial charge in [-0.05, 0) is 12.8 Å². The number of aromatic nitrogens is 2. The van der Waals surface area contributed by atoms with Gasteiger partial charge in [-0.25, -0.2) is 0 Å². The molecule has 9 heteroatoms. The summed E-state index contributed by atoms with van der Waals surface area (Å²) in [6, 6.07) is 0. The molecular formula is C12H13F3N2O4. The zero-order valence-electron chi connectivity index (χ0n) is 10.8. The van der Waals surface area contributed by atoms with Gasteiger partial charge < -0.3 is 14.4 Å². The molecule has 0 saturated heterocycles. The average molecular weight is 306 g/mol. The van der Waals surface area contributed by atoms with E-state index in [2.05, 4.69) is 14.9 Å². The highest BCUT2D eigenvalue weighted by atomic mass is 19.4. The molecule has 116 valence electrons. The third-order valence-electron chi connectivity index (χ3n) is 3.05. The van der Waals surface area contributed by atoms with E-state index in [1.165, 1.54) is 0 Å². The molecule has 2 rings (SSSR count). The summed E-state index contributed by atoms with van der Waals surface area (Å²) in [5.41, 5.74) is 0. The van der Waals surface area contributed by atoms with E-state index in [0.29, 0.717) is 12.8 Å². The Labute approximate surface area is 117 Å². The fourth-order valence-electron chi connectivity index (χ4n) is 2.09. The molecule has 0 saturated carbocycles. The van der Waals surface area contributed by atoms with Gasteiger partial charge in [0, 0.05) is 0 Å². The van der Waals surface area contributed by atoms with Crippen LogP contribution in [0.5, 0.6) is 0 Å². The second kappa shape index (κ2) is 6.25. The van der Waals surface area contributed by atoms with Gasteiger partial charge in [-0.3, -0.25) is 4.79 Å². The molecule has 1 aromatic rings. The maximum Gasteiger partial charge on any atom is 0.411 e. The lowest BCUT2D eigenvalue weighted by atomic mass is 9.83. The molecule has 0 amide bonds. The number of hydrogen-bond acceptors (Lipinski definition) is 5. The molecule has 0 spiro atoms. The van der Waals surface area contributed by atoms with E-state index in [1.807, 2.05) is 6.08 Å². The molecule has 0 aliphatic heterocycles. The number of halogens is 3. The van der Waals surface area contributed by atoms with Gasteiger partial charge in [0.2, 0.25) is 5.89 Å². The summed E-state index contributed by atoms with van der Waals surface area (Å²) in [6.07, 6.45) is -0.0629. The second-order valence-corrected chi connectivity index (χ2v) is 4.65. The zero-order chi connectivity index (χ0) is 15.5. The maximum atomic E-state index is 11.9. The number of ether oxygens (including phenoxy) is 1. The Morgan fingerprint density at radius 2 is 2.14 bits per heavy atom. The molecule has 0 radical (unpaired) electrons. The number of carboxylic acids is 1. The van der Waals surface area contributed by atoms with Crippen LogP contribution in [0.25, 0.3) is 0 Å².